The molecular weight excluding hydrogens is 292 g/mol. The maximum absolute atomic E-state index is 5.42. The molecule has 0 saturated heterocycles. The predicted octanol–water partition coefficient (Wildman–Crippen LogP) is 3.03. The van der Waals surface area contributed by atoms with Crippen molar-refractivity contribution in [1.82, 2.24) is 5.32 Å². The smallest absolute Gasteiger partial charge is 0.0641 e. The van der Waals surface area contributed by atoms with E-state index >= 15 is 0 Å². The second-order valence-corrected chi connectivity index (χ2v) is 4.94. The fourth-order valence-corrected chi connectivity index (χ4v) is 2.36. The summed E-state index contributed by atoms with van der Waals surface area (Å²) >= 11 is 3.63. The first-order valence-electron chi connectivity index (χ1n) is 6.48. The van der Waals surface area contributed by atoms with Crippen molar-refractivity contribution in [2.45, 2.75) is 20.4 Å². The van der Waals surface area contributed by atoms with E-state index in [2.05, 4.69) is 51.3 Å². The lowest BCUT2D eigenvalue weighted by molar-refractivity contribution is 0.154. The van der Waals surface area contributed by atoms with E-state index in [4.69, 9.17) is 4.74 Å². The summed E-state index contributed by atoms with van der Waals surface area (Å²) in [6, 6.07) is 6.52. The molecule has 0 aliphatic carbocycles. The predicted molar refractivity (Wildman–Crippen MR) is 81.3 cm³/mol. The number of nitrogens with one attached hydrogen (secondary N) is 1. The lowest BCUT2D eigenvalue weighted by Gasteiger charge is -2.23. The van der Waals surface area contributed by atoms with Gasteiger partial charge in [0.25, 0.3) is 0 Å². The number of benzene rings is 1. The Morgan fingerprint density at radius 3 is 2.67 bits per heavy atom. The number of ether oxygens (including phenoxy) is 1. The van der Waals surface area contributed by atoms with Crippen LogP contribution in [0.25, 0.3) is 0 Å². The van der Waals surface area contributed by atoms with Gasteiger partial charge >= 0.3 is 0 Å². The van der Waals surface area contributed by atoms with Gasteiger partial charge in [0.05, 0.1) is 6.61 Å². The van der Waals surface area contributed by atoms with Crippen LogP contribution in [0.5, 0.6) is 0 Å². The van der Waals surface area contributed by atoms with E-state index in [1.54, 1.807) is 0 Å². The molecular formula is C14H23BrN2O. The number of likely N-dealkylation sites (N-methyl/N-ethyl adjacent to an activating group) is 1. The minimum atomic E-state index is 0.778. The molecule has 0 fully saturated rings. The molecule has 18 heavy (non-hydrogen) atoms. The highest BCUT2D eigenvalue weighted by molar-refractivity contribution is 9.10. The Kier molecular flexibility index (Phi) is 7.32. The van der Waals surface area contributed by atoms with Crippen molar-refractivity contribution < 1.29 is 4.74 Å². The maximum Gasteiger partial charge on any atom is 0.0641 e. The zero-order chi connectivity index (χ0) is 13.4. The SMILES string of the molecule is CCOCCN(CC)c1ccc(CNC)c(Br)c1. The number of anilines is 1. The molecule has 3 nitrogen and oxygen atoms in total. The summed E-state index contributed by atoms with van der Waals surface area (Å²) in [4.78, 5) is 2.32. The molecule has 0 aromatic heterocycles. The molecule has 1 aromatic rings. The summed E-state index contributed by atoms with van der Waals surface area (Å²) in [5.74, 6) is 0. The fourth-order valence-electron chi connectivity index (χ4n) is 1.86. The molecule has 0 saturated carbocycles. The van der Waals surface area contributed by atoms with Gasteiger partial charge in [-0.15, -0.1) is 0 Å². The van der Waals surface area contributed by atoms with Crippen LogP contribution < -0.4 is 10.2 Å². The summed E-state index contributed by atoms with van der Waals surface area (Å²) in [7, 11) is 1.96. The summed E-state index contributed by atoms with van der Waals surface area (Å²) in [5.41, 5.74) is 2.52. The molecule has 0 heterocycles. The Labute approximate surface area is 119 Å². The third-order valence-electron chi connectivity index (χ3n) is 2.86. The third-order valence-corrected chi connectivity index (χ3v) is 3.60. The molecule has 4 heteroatoms. The van der Waals surface area contributed by atoms with Crippen LogP contribution in [0.2, 0.25) is 0 Å². The van der Waals surface area contributed by atoms with Gasteiger partial charge in [0.15, 0.2) is 0 Å². The van der Waals surface area contributed by atoms with E-state index < -0.39 is 0 Å². The summed E-state index contributed by atoms with van der Waals surface area (Å²) in [5, 5.41) is 3.17. The molecule has 0 unspecified atom stereocenters. The molecule has 0 atom stereocenters. The number of halogens is 1. The van der Waals surface area contributed by atoms with Crippen LogP contribution in [-0.2, 0) is 11.3 Å². The molecule has 0 aliphatic rings. The van der Waals surface area contributed by atoms with Crippen molar-refractivity contribution in [2.24, 2.45) is 0 Å². The molecule has 0 bridgehead atoms. The van der Waals surface area contributed by atoms with Gasteiger partial charge in [-0.25, -0.2) is 0 Å². The van der Waals surface area contributed by atoms with Gasteiger partial charge in [-0.2, -0.15) is 0 Å². The third kappa shape index (κ3) is 4.59. The topological polar surface area (TPSA) is 24.5 Å². The largest absolute Gasteiger partial charge is 0.380 e. The highest BCUT2D eigenvalue weighted by atomic mass is 79.9. The summed E-state index contributed by atoms with van der Waals surface area (Å²) in [6.07, 6.45) is 0. The highest BCUT2D eigenvalue weighted by Gasteiger charge is 2.06. The number of hydrogen-bond donors (Lipinski definition) is 1. The lowest BCUT2D eigenvalue weighted by Crippen LogP contribution is -2.27. The minimum absolute atomic E-state index is 0.778. The monoisotopic (exact) mass is 314 g/mol. The molecule has 1 N–H and O–H groups in total. The Morgan fingerprint density at radius 1 is 1.33 bits per heavy atom. The van der Waals surface area contributed by atoms with Gasteiger partial charge in [-0.3, -0.25) is 0 Å². The number of nitrogens with zero attached hydrogens (tertiary/aromatic N) is 1. The molecule has 102 valence electrons. The highest BCUT2D eigenvalue weighted by Crippen LogP contribution is 2.24. The Hall–Kier alpha value is -0.580. The van der Waals surface area contributed by atoms with Crippen LogP contribution in [0.4, 0.5) is 5.69 Å². The Morgan fingerprint density at radius 2 is 2.11 bits per heavy atom. The second-order valence-electron chi connectivity index (χ2n) is 4.08. The molecule has 0 spiro atoms. The standard InChI is InChI=1S/C14H23BrN2O/c1-4-17(8-9-18-5-2)13-7-6-12(11-16-3)14(15)10-13/h6-7,10,16H,4-5,8-9,11H2,1-3H3. The first-order valence-corrected chi connectivity index (χ1v) is 7.27. The number of hydrogen-bond acceptors (Lipinski definition) is 3. The summed E-state index contributed by atoms with van der Waals surface area (Å²) < 4.78 is 6.57. The van der Waals surface area contributed by atoms with E-state index in [1.165, 1.54) is 11.3 Å². The zero-order valence-corrected chi connectivity index (χ0v) is 13.1. The minimum Gasteiger partial charge on any atom is -0.380 e. The van der Waals surface area contributed by atoms with Crippen LogP contribution in [0.15, 0.2) is 22.7 Å². The molecule has 0 radical (unpaired) electrons. The van der Waals surface area contributed by atoms with Gasteiger partial charge in [-0.05, 0) is 38.6 Å². The summed E-state index contributed by atoms with van der Waals surface area (Å²) in [6.45, 7) is 8.56. The molecule has 1 aromatic carbocycles. The van der Waals surface area contributed by atoms with Gasteiger partial charge in [-0.1, -0.05) is 22.0 Å². The molecule has 1 rings (SSSR count). The van der Waals surface area contributed by atoms with Crippen molar-refractivity contribution in [3.05, 3.63) is 28.2 Å². The average Bonchev–Trinajstić information content (AvgIpc) is 2.37. The van der Waals surface area contributed by atoms with E-state index in [1.807, 2.05) is 14.0 Å². The van der Waals surface area contributed by atoms with E-state index in [0.29, 0.717) is 0 Å². The second kappa shape index (κ2) is 8.51. The van der Waals surface area contributed by atoms with Crippen LogP contribution >= 0.6 is 15.9 Å². The quantitative estimate of drug-likeness (QED) is 0.746. The van der Waals surface area contributed by atoms with Gasteiger partial charge in [0.2, 0.25) is 0 Å². The zero-order valence-electron chi connectivity index (χ0n) is 11.5. The van der Waals surface area contributed by atoms with E-state index in [0.717, 1.165) is 37.3 Å². The normalized spacial score (nSPS) is 10.7. The van der Waals surface area contributed by atoms with Crippen LogP contribution in [0, 0.1) is 0 Å². The molecule has 0 amide bonds. The average molecular weight is 315 g/mol. The maximum atomic E-state index is 5.42. The van der Waals surface area contributed by atoms with Gasteiger partial charge in [0.1, 0.15) is 0 Å². The first-order chi connectivity index (χ1) is 8.72. The molecule has 0 aliphatic heterocycles. The van der Waals surface area contributed by atoms with E-state index in [9.17, 15) is 0 Å². The fraction of sp³-hybridized carbons (Fsp3) is 0.571. The van der Waals surface area contributed by atoms with Crippen molar-refractivity contribution in [3.63, 3.8) is 0 Å². The van der Waals surface area contributed by atoms with Crippen molar-refractivity contribution >= 4 is 21.6 Å². The van der Waals surface area contributed by atoms with E-state index in [-0.39, 0.29) is 0 Å². The Bertz CT molecular complexity index is 358. The Balaban J connectivity index is 2.71. The van der Waals surface area contributed by atoms with Crippen molar-refractivity contribution in [1.29, 1.82) is 0 Å². The van der Waals surface area contributed by atoms with Crippen molar-refractivity contribution in [3.8, 4) is 0 Å². The lowest BCUT2D eigenvalue weighted by atomic mass is 10.2. The van der Waals surface area contributed by atoms with Crippen molar-refractivity contribution in [2.75, 3.05) is 38.3 Å². The van der Waals surface area contributed by atoms with Crippen LogP contribution in [0.1, 0.15) is 19.4 Å². The van der Waals surface area contributed by atoms with Gasteiger partial charge < -0.3 is 15.0 Å². The first kappa shape index (κ1) is 15.5. The van der Waals surface area contributed by atoms with Gasteiger partial charge in [0, 0.05) is 36.4 Å². The van der Waals surface area contributed by atoms with Crippen LogP contribution in [-0.4, -0.2) is 33.4 Å². The number of rotatable bonds is 8. The van der Waals surface area contributed by atoms with Crippen LogP contribution in [0.3, 0.4) is 0 Å².